The SMILES string of the molecule is CCSc1cc(N)c(Br)nc1C(=O)OC. The molecule has 0 unspecified atom stereocenters. The molecule has 0 aromatic carbocycles. The highest BCUT2D eigenvalue weighted by Gasteiger charge is 2.16. The van der Waals surface area contributed by atoms with Crippen LogP contribution in [0.25, 0.3) is 0 Å². The number of thioether (sulfide) groups is 1. The number of aromatic nitrogens is 1. The third-order valence-corrected chi connectivity index (χ3v) is 3.19. The Kier molecular flexibility index (Phi) is 4.41. The van der Waals surface area contributed by atoms with E-state index in [1.54, 1.807) is 6.07 Å². The van der Waals surface area contributed by atoms with Gasteiger partial charge < -0.3 is 10.5 Å². The summed E-state index contributed by atoms with van der Waals surface area (Å²) in [6, 6.07) is 1.72. The molecule has 0 saturated carbocycles. The fourth-order valence-electron chi connectivity index (χ4n) is 0.995. The van der Waals surface area contributed by atoms with Crippen molar-refractivity contribution >= 4 is 39.3 Å². The predicted molar refractivity (Wildman–Crippen MR) is 64.1 cm³/mol. The second kappa shape index (κ2) is 5.37. The molecule has 0 atom stereocenters. The Bertz CT molecular complexity index is 385. The van der Waals surface area contributed by atoms with E-state index in [2.05, 4.69) is 25.7 Å². The van der Waals surface area contributed by atoms with Crippen LogP contribution in [0.1, 0.15) is 17.4 Å². The second-order valence-corrected chi connectivity index (χ2v) is 4.70. The summed E-state index contributed by atoms with van der Waals surface area (Å²) in [4.78, 5) is 16.2. The van der Waals surface area contributed by atoms with Gasteiger partial charge in [-0.3, -0.25) is 0 Å². The monoisotopic (exact) mass is 290 g/mol. The van der Waals surface area contributed by atoms with Crippen LogP contribution in [0.3, 0.4) is 0 Å². The Balaban J connectivity index is 3.21. The first-order valence-electron chi connectivity index (χ1n) is 4.27. The first-order valence-corrected chi connectivity index (χ1v) is 6.05. The zero-order valence-corrected chi connectivity index (χ0v) is 10.8. The summed E-state index contributed by atoms with van der Waals surface area (Å²) in [6.07, 6.45) is 0. The molecule has 2 N–H and O–H groups in total. The number of hydrogen-bond acceptors (Lipinski definition) is 5. The Morgan fingerprint density at radius 3 is 2.93 bits per heavy atom. The number of rotatable bonds is 3. The van der Waals surface area contributed by atoms with Crippen molar-refractivity contribution in [2.75, 3.05) is 18.6 Å². The van der Waals surface area contributed by atoms with Crippen LogP contribution in [0.5, 0.6) is 0 Å². The number of hydrogen-bond donors (Lipinski definition) is 1. The maximum absolute atomic E-state index is 11.4. The number of ether oxygens (including phenoxy) is 1. The first-order chi connectivity index (χ1) is 7.10. The number of nitrogens with zero attached hydrogens (tertiary/aromatic N) is 1. The molecule has 6 heteroatoms. The Hall–Kier alpha value is -0.750. The van der Waals surface area contributed by atoms with Gasteiger partial charge in [0.05, 0.1) is 12.8 Å². The van der Waals surface area contributed by atoms with E-state index in [4.69, 9.17) is 5.73 Å². The molecule has 0 bridgehead atoms. The lowest BCUT2D eigenvalue weighted by atomic mass is 10.3. The number of esters is 1. The van der Waals surface area contributed by atoms with E-state index in [0.717, 1.165) is 10.6 Å². The van der Waals surface area contributed by atoms with E-state index in [0.29, 0.717) is 16.0 Å². The van der Waals surface area contributed by atoms with Crippen molar-refractivity contribution in [3.63, 3.8) is 0 Å². The van der Waals surface area contributed by atoms with Crippen molar-refractivity contribution in [3.05, 3.63) is 16.4 Å². The summed E-state index contributed by atoms with van der Waals surface area (Å²) >= 11 is 4.68. The molecule has 0 fully saturated rings. The van der Waals surface area contributed by atoms with Crippen LogP contribution in [0.15, 0.2) is 15.6 Å². The summed E-state index contributed by atoms with van der Waals surface area (Å²) in [5.41, 5.74) is 6.50. The van der Waals surface area contributed by atoms with E-state index >= 15 is 0 Å². The molecule has 1 aromatic heterocycles. The van der Waals surface area contributed by atoms with Crippen molar-refractivity contribution in [2.45, 2.75) is 11.8 Å². The summed E-state index contributed by atoms with van der Waals surface area (Å²) in [7, 11) is 1.33. The van der Waals surface area contributed by atoms with Crippen LogP contribution in [-0.2, 0) is 4.74 Å². The van der Waals surface area contributed by atoms with E-state index in [1.807, 2.05) is 6.92 Å². The normalized spacial score (nSPS) is 10.1. The highest BCUT2D eigenvalue weighted by Crippen LogP contribution is 2.28. The lowest BCUT2D eigenvalue weighted by Gasteiger charge is -2.07. The standard InChI is InChI=1S/C9H11BrN2O2S/c1-3-15-6-4-5(11)8(10)12-7(6)9(13)14-2/h4H,3,11H2,1-2H3. The molecule has 0 saturated heterocycles. The molecule has 0 radical (unpaired) electrons. The van der Waals surface area contributed by atoms with E-state index < -0.39 is 5.97 Å². The minimum Gasteiger partial charge on any atom is -0.464 e. The average molecular weight is 291 g/mol. The van der Waals surface area contributed by atoms with Crippen molar-refractivity contribution in [2.24, 2.45) is 0 Å². The fourth-order valence-corrected chi connectivity index (χ4v) is 2.07. The minimum atomic E-state index is -0.452. The average Bonchev–Trinajstić information content (AvgIpc) is 2.22. The van der Waals surface area contributed by atoms with Crippen molar-refractivity contribution < 1.29 is 9.53 Å². The van der Waals surface area contributed by atoms with Crippen LogP contribution in [-0.4, -0.2) is 23.8 Å². The number of halogens is 1. The molecule has 0 amide bonds. The Labute approximate surface area is 101 Å². The number of methoxy groups -OCH3 is 1. The van der Waals surface area contributed by atoms with Gasteiger partial charge in [0.1, 0.15) is 4.60 Å². The van der Waals surface area contributed by atoms with Crippen molar-refractivity contribution in [1.82, 2.24) is 4.98 Å². The summed E-state index contributed by atoms with van der Waals surface area (Å²) in [6.45, 7) is 1.99. The van der Waals surface area contributed by atoms with Crippen molar-refractivity contribution in [3.8, 4) is 0 Å². The molecule has 1 heterocycles. The molecule has 0 spiro atoms. The van der Waals surface area contributed by atoms with Gasteiger partial charge in [-0.05, 0) is 27.7 Å². The van der Waals surface area contributed by atoms with Gasteiger partial charge in [-0.15, -0.1) is 11.8 Å². The molecule has 0 aliphatic carbocycles. The Morgan fingerprint density at radius 1 is 1.73 bits per heavy atom. The van der Waals surface area contributed by atoms with Crippen molar-refractivity contribution in [1.29, 1.82) is 0 Å². The second-order valence-electron chi connectivity index (χ2n) is 2.64. The van der Waals surface area contributed by atoms with Crippen LogP contribution in [0, 0.1) is 0 Å². The topological polar surface area (TPSA) is 65.2 Å². The fraction of sp³-hybridized carbons (Fsp3) is 0.333. The molecule has 4 nitrogen and oxygen atoms in total. The van der Waals surface area contributed by atoms with Gasteiger partial charge in [-0.1, -0.05) is 6.92 Å². The molecule has 82 valence electrons. The molecule has 1 rings (SSSR count). The van der Waals surface area contributed by atoms with Gasteiger partial charge in [0.25, 0.3) is 0 Å². The van der Waals surface area contributed by atoms with Crippen LogP contribution in [0.4, 0.5) is 5.69 Å². The maximum Gasteiger partial charge on any atom is 0.357 e. The zero-order valence-electron chi connectivity index (χ0n) is 8.41. The number of anilines is 1. The largest absolute Gasteiger partial charge is 0.464 e. The summed E-state index contributed by atoms with van der Waals surface area (Å²) < 4.78 is 5.10. The smallest absolute Gasteiger partial charge is 0.357 e. The van der Waals surface area contributed by atoms with E-state index in [1.165, 1.54) is 18.9 Å². The Morgan fingerprint density at radius 2 is 2.40 bits per heavy atom. The number of nitrogen functional groups attached to an aromatic ring is 1. The summed E-state index contributed by atoms with van der Waals surface area (Å²) in [5, 5.41) is 0. The molecule has 15 heavy (non-hydrogen) atoms. The van der Waals surface area contributed by atoms with Gasteiger partial charge >= 0.3 is 5.97 Å². The van der Waals surface area contributed by atoms with E-state index in [-0.39, 0.29) is 0 Å². The van der Waals surface area contributed by atoms with Gasteiger partial charge in [-0.25, -0.2) is 9.78 Å². The third kappa shape index (κ3) is 2.85. The highest BCUT2D eigenvalue weighted by molar-refractivity contribution is 9.10. The number of pyridine rings is 1. The zero-order chi connectivity index (χ0) is 11.4. The minimum absolute atomic E-state index is 0.297. The predicted octanol–water partition coefficient (Wildman–Crippen LogP) is 2.32. The quantitative estimate of drug-likeness (QED) is 0.526. The molecule has 1 aromatic rings. The van der Waals surface area contributed by atoms with Crippen LogP contribution >= 0.6 is 27.7 Å². The van der Waals surface area contributed by atoms with Gasteiger partial charge in [0.15, 0.2) is 5.69 Å². The maximum atomic E-state index is 11.4. The number of carbonyl (C=O) groups is 1. The molecular weight excluding hydrogens is 280 g/mol. The number of carbonyl (C=O) groups excluding carboxylic acids is 1. The number of nitrogens with two attached hydrogens (primary N) is 1. The lowest BCUT2D eigenvalue weighted by Crippen LogP contribution is -2.08. The summed E-state index contributed by atoms with van der Waals surface area (Å²) in [5.74, 6) is 0.388. The molecule has 0 aliphatic heterocycles. The first kappa shape index (κ1) is 12.3. The third-order valence-electron chi connectivity index (χ3n) is 1.65. The van der Waals surface area contributed by atoms with Crippen LogP contribution < -0.4 is 5.73 Å². The van der Waals surface area contributed by atoms with Crippen LogP contribution in [0.2, 0.25) is 0 Å². The lowest BCUT2D eigenvalue weighted by molar-refractivity contribution is 0.0589. The van der Waals surface area contributed by atoms with Gasteiger partial charge in [0.2, 0.25) is 0 Å². The van der Waals surface area contributed by atoms with E-state index in [9.17, 15) is 4.79 Å². The van der Waals surface area contributed by atoms with Gasteiger partial charge in [-0.2, -0.15) is 0 Å². The highest BCUT2D eigenvalue weighted by atomic mass is 79.9. The molecule has 0 aliphatic rings. The molecular formula is C9H11BrN2O2S. The van der Waals surface area contributed by atoms with Gasteiger partial charge in [0, 0.05) is 4.90 Å².